The van der Waals surface area contributed by atoms with Crippen LogP contribution in [-0.2, 0) is 39.0 Å². The van der Waals surface area contributed by atoms with Crippen molar-refractivity contribution in [2.45, 2.75) is 164 Å². The van der Waals surface area contributed by atoms with E-state index < -0.39 is 0 Å². The molecule has 112 heavy (non-hydrogen) atoms. The van der Waals surface area contributed by atoms with E-state index in [4.69, 9.17) is 59.8 Å². The lowest BCUT2D eigenvalue weighted by molar-refractivity contribution is 0.590. The van der Waals surface area contributed by atoms with Gasteiger partial charge in [-0.2, -0.15) is 0 Å². The normalized spacial score (nSPS) is 13.3. The molecule has 17 heteroatoms. The number of aromatic nitrogens is 17. The van der Waals surface area contributed by atoms with Gasteiger partial charge < -0.3 is 24.5 Å². The number of fused-ring (bicyclic) bond motifs is 43. The zero-order valence-electron chi connectivity index (χ0n) is 66.6. The van der Waals surface area contributed by atoms with Crippen LogP contribution >= 0.6 is 0 Å². The molecule has 4 aliphatic rings. The Balaban J connectivity index is 0.920. The van der Waals surface area contributed by atoms with Crippen LogP contribution in [0.2, 0.25) is 0 Å². The van der Waals surface area contributed by atoms with Crippen molar-refractivity contribution in [3.8, 4) is 91.1 Å². The predicted octanol–water partition coefficient (Wildman–Crippen LogP) is 23.0. The third-order valence-electron chi connectivity index (χ3n) is 23.1. The van der Waals surface area contributed by atoms with Gasteiger partial charge in [0.05, 0.1) is 11.0 Å². The summed E-state index contributed by atoms with van der Waals surface area (Å²) >= 11 is 0. The number of aromatic amines is 4. The minimum Gasteiger partial charge on any atom is -0.336 e. The van der Waals surface area contributed by atoms with E-state index in [1.807, 2.05) is 0 Å². The lowest BCUT2D eigenvalue weighted by Crippen LogP contribution is -2.10. The summed E-state index contributed by atoms with van der Waals surface area (Å²) in [5.74, 6) is 4.28. The maximum Gasteiger partial charge on any atom is 0.164 e. The first kappa shape index (κ1) is 68.7. The molecule has 11 heterocycles. The molecule has 0 atom stereocenters. The average molecular weight is 1470 g/mol. The van der Waals surface area contributed by atoms with Crippen molar-refractivity contribution in [2.75, 3.05) is 0 Å². The standard InChI is InChI=1S/C95H87N17/c1-90(2,3)48-25-31-55-62(36-48)80-97-75(55)99-83-65-39-51(93(10,11)12)27-33-57(65)79(103-83)107-88-70-44-72-61(43-69(70)87(111-88)108-84-66-40-52(94(13,14)15)28-34-58(66)76(100-80)104-84)60-42-68-71(45-73(60)112(72)46-47-22-20-19-21-23-47)89-109-85-67-41-53(95(16,17)18)29-35-59(67)77(105-85)101-81-63-37-49(91(4,5)6)24-30-54(63)74(96-81)98-82-64-38-50(92(7,8)9)26-32-56(64)78(102-82)106-86(68)110-89/h19-45H,46H2,1-18H3,(H2,96,98,101,102,105,106,109,110)(H2,97,99,100,103,104,107,108,111). The molecule has 16 bridgehead atoms. The number of hydrogen-bond acceptors (Lipinski definition) is 12. The van der Waals surface area contributed by atoms with Gasteiger partial charge in [0.15, 0.2) is 46.6 Å². The van der Waals surface area contributed by atoms with Crippen LogP contribution in [0.15, 0.2) is 164 Å². The number of hydrogen-bond donors (Lipinski definition) is 4. The Bertz CT molecular complexity index is 7220. The fraction of sp³-hybridized carbons (Fsp3) is 0.263. The van der Waals surface area contributed by atoms with Crippen molar-refractivity contribution in [3.63, 3.8) is 0 Å². The summed E-state index contributed by atoms with van der Waals surface area (Å²) < 4.78 is 2.43. The number of H-pyrrole nitrogens is 4. The molecule has 9 aromatic carbocycles. The molecule has 0 spiro atoms. The lowest BCUT2D eigenvalue weighted by atomic mass is 9.85. The minimum absolute atomic E-state index is 0.144. The predicted molar refractivity (Wildman–Crippen MR) is 456 cm³/mol. The van der Waals surface area contributed by atoms with Gasteiger partial charge in [0.1, 0.15) is 45.2 Å². The van der Waals surface area contributed by atoms with Crippen molar-refractivity contribution in [1.82, 2.24) is 84.3 Å². The Morgan fingerprint density at radius 2 is 0.446 bits per heavy atom. The highest BCUT2D eigenvalue weighted by molar-refractivity contribution is 6.22. The van der Waals surface area contributed by atoms with E-state index in [-0.39, 0.29) is 32.5 Å². The van der Waals surface area contributed by atoms with Crippen molar-refractivity contribution in [1.29, 1.82) is 0 Å². The largest absolute Gasteiger partial charge is 0.336 e. The van der Waals surface area contributed by atoms with Gasteiger partial charge in [-0.25, -0.2) is 59.8 Å². The lowest BCUT2D eigenvalue weighted by Gasteiger charge is -2.19. The number of nitrogens with one attached hydrogen (secondary N) is 4. The molecule has 0 saturated carbocycles. The maximum atomic E-state index is 5.71. The topological polar surface area (TPSA) is 223 Å². The highest BCUT2D eigenvalue weighted by atomic mass is 15.1. The Kier molecular flexibility index (Phi) is 14.4. The van der Waals surface area contributed by atoms with Crippen LogP contribution in [0.5, 0.6) is 0 Å². The summed E-state index contributed by atoms with van der Waals surface area (Å²) in [7, 11) is 0. The van der Waals surface area contributed by atoms with E-state index in [2.05, 4.69) is 313 Å². The summed E-state index contributed by atoms with van der Waals surface area (Å²) in [4.78, 5) is 81.8. The van der Waals surface area contributed by atoms with E-state index in [0.717, 1.165) is 137 Å². The first-order valence-corrected chi connectivity index (χ1v) is 38.9. The van der Waals surface area contributed by atoms with Gasteiger partial charge in [-0.05, 0) is 132 Å². The smallest absolute Gasteiger partial charge is 0.164 e. The Morgan fingerprint density at radius 3 is 0.723 bits per heavy atom. The molecule has 0 radical (unpaired) electrons. The first-order valence-electron chi connectivity index (χ1n) is 38.9. The van der Waals surface area contributed by atoms with Gasteiger partial charge >= 0.3 is 0 Å². The molecule has 0 saturated heterocycles. The van der Waals surface area contributed by atoms with Crippen LogP contribution in [-0.4, -0.2) is 84.3 Å². The Hall–Kier alpha value is -12.5. The molecular formula is C95H87N17. The molecule has 0 aliphatic carbocycles. The quantitative estimate of drug-likeness (QED) is 0.127. The molecule has 0 fully saturated rings. The second-order valence-electron chi connectivity index (χ2n) is 37.2. The average Bonchev–Trinajstić information content (AvgIpc) is 1.57. The van der Waals surface area contributed by atoms with Gasteiger partial charge in [-0.15, -0.1) is 0 Å². The van der Waals surface area contributed by atoms with Crippen LogP contribution in [0, 0.1) is 0 Å². The molecule has 17 nitrogen and oxygen atoms in total. The Labute approximate surface area is 648 Å². The maximum absolute atomic E-state index is 5.71. The third kappa shape index (κ3) is 11.1. The second kappa shape index (κ2) is 23.5. The number of nitrogens with zero attached hydrogens (tertiary/aromatic N) is 13. The summed E-state index contributed by atoms with van der Waals surface area (Å²) in [6.07, 6.45) is 0. The van der Waals surface area contributed by atoms with Crippen molar-refractivity contribution >= 4 is 110 Å². The SMILES string of the molecule is CC(C)(C)c1ccc2c(c1)-c1nc-2nc2[nH]c(nc3nc(nc4[nH]c(n1)c1ccc(C(C)(C)C)cc41)-c1ccc(C(C)(C)C)cc1-3)c1cc3c4cc5c6nc7nc(nc8[nH]c(nc9nc(nc([nH]6)c5cc4n(Cc4ccccc4)c3cc21)-c1cc(C(C)(C)C)ccc1-9)c1cc(C(C)(C)C)ccc81)-c1cc(C(C)(C)C)ccc1-7. The van der Waals surface area contributed by atoms with Gasteiger partial charge in [0, 0.05) is 105 Å². The van der Waals surface area contributed by atoms with Gasteiger partial charge in [0.2, 0.25) is 0 Å². The molecule has 0 unspecified atom stereocenters. The zero-order chi connectivity index (χ0) is 77.5. The molecule has 0 amide bonds. The molecular weight excluding hydrogens is 1380 g/mol. The van der Waals surface area contributed by atoms with E-state index in [1.54, 1.807) is 0 Å². The second-order valence-corrected chi connectivity index (χ2v) is 37.2. The summed E-state index contributed by atoms with van der Waals surface area (Å²) in [6, 6.07) is 59.3. The van der Waals surface area contributed by atoms with Crippen molar-refractivity contribution in [2.24, 2.45) is 0 Å². The van der Waals surface area contributed by atoms with Crippen LogP contribution in [0.3, 0.4) is 0 Å². The highest BCUT2D eigenvalue weighted by Gasteiger charge is 2.32. The van der Waals surface area contributed by atoms with E-state index in [1.165, 1.54) is 11.1 Å². The van der Waals surface area contributed by atoms with Gasteiger partial charge in [-0.3, -0.25) is 0 Å². The zero-order valence-corrected chi connectivity index (χ0v) is 66.6. The molecule has 20 rings (SSSR count). The number of benzene rings is 9. The summed E-state index contributed by atoms with van der Waals surface area (Å²) in [6.45, 7) is 40.8. The first-order chi connectivity index (χ1) is 53.2. The monoisotopic (exact) mass is 1470 g/mol. The Morgan fingerprint density at radius 1 is 0.214 bits per heavy atom. The fourth-order valence-corrected chi connectivity index (χ4v) is 16.4. The fourth-order valence-electron chi connectivity index (χ4n) is 16.4. The van der Waals surface area contributed by atoms with E-state index >= 15 is 0 Å². The van der Waals surface area contributed by atoms with Gasteiger partial charge in [0.25, 0.3) is 0 Å². The van der Waals surface area contributed by atoms with Crippen LogP contribution in [0.1, 0.15) is 164 Å². The van der Waals surface area contributed by atoms with Crippen molar-refractivity contribution in [3.05, 3.63) is 203 Å². The van der Waals surface area contributed by atoms with Crippen molar-refractivity contribution < 1.29 is 0 Å². The highest BCUT2D eigenvalue weighted by Crippen LogP contribution is 2.47. The van der Waals surface area contributed by atoms with Crippen LogP contribution in [0.25, 0.3) is 201 Å². The van der Waals surface area contributed by atoms with Crippen LogP contribution in [0.4, 0.5) is 0 Å². The van der Waals surface area contributed by atoms with Crippen LogP contribution < -0.4 is 0 Å². The van der Waals surface area contributed by atoms with Gasteiger partial charge in [-0.1, -0.05) is 228 Å². The molecule has 4 N–H and O–H groups in total. The summed E-state index contributed by atoms with van der Waals surface area (Å²) in [5, 5.41) is 9.07. The molecule has 16 aromatic rings. The summed E-state index contributed by atoms with van der Waals surface area (Å²) in [5.41, 5.74) is 21.0. The van der Waals surface area contributed by atoms with E-state index in [0.29, 0.717) is 98.3 Å². The van der Waals surface area contributed by atoms with E-state index in [9.17, 15) is 0 Å². The molecule has 4 aliphatic heterocycles. The number of rotatable bonds is 2. The molecule has 7 aromatic heterocycles. The molecule has 552 valence electrons. The third-order valence-corrected chi connectivity index (χ3v) is 23.1. The minimum atomic E-state index is -0.191.